The lowest BCUT2D eigenvalue weighted by Gasteiger charge is -2.26. The number of nitrogens with zero attached hydrogens (tertiary/aromatic N) is 1. The highest BCUT2D eigenvalue weighted by molar-refractivity contribution is 5.74. The van der Waals surface area contributed by atoms with Crippen molar-refractivity contribution < 1.29 is 18.7 Å². The number of amides is 2. The van der Waals surface area contributed by atoms with E-state index in [0.29, 0.717) is 18.0 Å². The quantitative estimate of drug-likeness (QED) is 0.725. The maximum atomic E-state index is 13.5. The number of urea groups is 1. The lowest BCUT2D eigenvalue weighted by molar-refractivity contribution is 0.229. The smallest absolute Gasteiger partial charge is 0.315 e. The Hall–Kier alpha value is -2.80. The summed E-state index contributed by atoms with van der Waals surface area (Å²) in [6, 6.07) is 11.1. The first-order chi connectivity index (χ1) is 13.3. The van der Waals surface area contributed by atoms with Crippen molar-refractivity contribution in [2.45, 2.75) is 19.0 Å². The molecule has 7 heteroatoms. The summed E-state index contributed by atoms with van der Waals surface area (Å²) in [7, 11) is 6.95. The van der Waals surface area contributed by atoms with E-state index in [0.717, 1.165) is 11.1 Å². The Morgan fingerprint density at radius 2 is 1.89 bits per heavy atom. The summed E-state index contributed by atoms with van der Waals surface area (Å²) in [5, 5.41) is 5.76. The minimum Gasteiger partial charge on any atom is -0.497 e. The van der Waals surface area contributed by atoms with Gasteiger partial charge in [-0.1, -0.05) is 12.1 Å². The van der Waals surface area contributed by atoms with Crippen LogP contribution in [0.3, 0.4) is 0 Å². The van der Waals surface area contributed by atoms with Crippen molar-refractivity contribution in [3.63, 3.8) is 0 Å². The molecule has 2 rings (SSSR count). The average molecular weight is 389 g/mol. The van der Waals surface area contributed by atoms with Gasteiger partial charge in [0.25, 0.3) is 0 Å². The van der Waals surface area contributed by atoms with Gasteiger partial charge in [-0.15, -0.1) is 0 Å². The zero-order valence-electron chi connectivity index (χ0n) is 17.0. The first-order valence-electron chi connectivity index (χ1n) is 9.04. The van der Waals surface area contributed by atoms with Gasteiger partial charge in [0, 0.05) is 12.1 Å². The summed E-state index contributed by atoms with van der Waals surface area (Å²) in [4.78, 5) is 14.4. The van der Waals surface area contributed by atoms with Crippen LogP contribution in [0, 0.1) is 5.82 Å². The van der Waals surface area contributed by atoms with E-state index in [1.807, 2.05) is 38.1 Å². The summed E-state index contributed by atoms with van der Waals surface area (Å²) in [5.74, 6) is 1.05. The number of methoxy groups -OCH3 is 2. The minimum atomic E-state index is -0.319. The molecule has 6 nitrogen and oxygen atoms in total. The van der Waals surface area contributed by atoms with Crippen molar-refractivity contribution in [1.29, 1.82) is 0 Å². The van der Waals surface area contributed by atoms with Gasteiger partial charge in [-0.3, -0.25) is 0 Å². The fourth-order valence-electron chi connectivity index (χ4n) is 3.01. The van der Waals surface area contributed by atoms with E-state index in [-0.39, 0.29) is 23.9 Å². The van der Waals surface area contributed by atoms with Crippen LogP contribution < -0.4 is 20.1 Å². The molecule has 2 aromatic carbocycles. The molecule has 0 heterocycles. The van der Waals surface area contributed by atoms with E-state index < -0.39 is 0 Å². The van der Waals surface area contributed by atoms with Gasteiger partial charge in [0.2, 0.25) is 0 Å². The number of halogens is 1. The predicted molar refractivity (Wildman–Crippen MR) is 107 cm³/mol. The molecule has 0 saturated carbocycles. The second kappa shape index (κ2) is 9.94. The van der Waals surface area contributed by atoms with Crippen LogP contribution in [0.5, 0.6) is 11.5 Å². The molecule has 28 heavy (non-hydrogen) atoms. The topological polar surface area (TPSA) is 62.8 Å². The van der Waals surface area contributed by atoms with Crippen LogP contribution >= 0.6 is 0 Å². The number of rotatable bonds is 8. The van der Waals surface area contributed by atoms with Crippen LogP contribution in [-0.2, 0) is 0 Å². The highest BCUT2D eigenvalue weighted by Gasteiger charge is 2.18. The molecule has 0 aliphatic rings. The maximum Gasteiger partial charge on any atom is 0.315 e. The molecule has 0 aliphatic heterocycles. The third kappa shape index (κ3) is 5.60. The van der Waals surface area contributed by atoms with Crippen LogP contribution in [0.4, 0.5) is 9.18 Å². The summed E-state index contributed by atoms with van der Waals surface area (Å²) in [5.41, 5.74) is 1.61. The summed E-state index contributed by atoms with van der Waals surface area (Å²) < 4.78 is 24.2. The van der Waals surface area contributed by atoms with Crippen molar-refractivity contribution in [3.05, 3.63) is 59.4 Å². The average Bonchev–Trinajstić information content (AvgIpc) is 2.67. The van der Waals surface area contributed by atoms with Gasteiger partial charge in [0.15, 0.2) is 0 Å². The lowest BCUT2D eigenvalue weighted by Crippen LogP contribution is -2.41. The van der Waals surface area contributed by atoms with Gasteiger partial charge in [0.05, 0.1) is 26.3 Å². The van der Waals surface area contributed by atoms with E-state index in [1.54, 1.807) is 32.4 Å². The molecule has 0 spiro atoms. The molecule has 0 bridgehead atoms. The van der Waals surface area contributed by atoms with E-state index in [4.69, 9.17) is 9.47 Å². The van der Waals surface area contributed by atoms with Crippen molar-refractivity contribution in [2.75, 3.05) is 34.9 Å². The van der Waals surface area contributed by atoms with E-state index in [2.05, 4.69) is 10.6 Å². The van der Waals surface area contributed by atoms with Crippen LogP contribution in [0.15, 0.2) is 42.5 Å². The van der Waals surface area contributed by atoms with E-state index >= 15 is 0 Å². The fourth-order valence-corrected chi connectivity index (χ4v) is 3.01. The Morgan fingerprint density at radius 1 is 1.14 bits per heavy atom. The van der Waals surface area contributed by atoms with Gasteiger partial charge in [0.1, 0.15) is 17.3 Å². The molecule has 2 atom stereocenters. The van der Waals surface area contributed by atoms with Crippen molar-refractivity contribution >= 4 is 6.03 Å². The second-order valence-corrected chi connectivity index (χ2v) is 6.72. The molecule has 0 radical (unpaired) electrons. The summed E-state index contributed by atoms with van der Waals surface area (Å²) in [6.07, 6.45) is 0. The van der Waals surface area contributed by atoms with Crippen LogP contribution in [0.2, 0.25) is 0 Å². The zero-order valence-corrected chi connectivity index (χ0v) is 17.0. The normalized spacial score (nSPS) is 13.0. The number of benzene rings is 2. The minimum absolute atomic E-state index is 0.150. The molecule has 0 aromatic heterocycles. The number of hydrogen-bond donors (Lipinski definition) is 2. The van der Waals surface area contributed by atoms with Crippen molar-refractivity contribution in [2.24, 2.45) is 0 Å². The predicted octanol–water partition coefficient (Wildman–Crippen LogP) is 3.51. The van der Waals surface area contributed by atoms with E-state index in [9.17, 15) is 9.18 Å². The number of likely N-dealkylation sites (N-methyl/N-ethyl adjacent to an activating group) is 1. The Balaban J connectivity index is 2.03. The molecule has 0 fully saturated rings. The fraction of sp³-hybridized carbons (Fsp3) is 0.381. The molecule has 2 aromatic rings. The molecule has 2 amide bonds. The third-order valence-electron chi connectivity index (χ3n) is 4.56. The van der Waals surface area contributed by atoms with Gasteiger partial charge in [-0.05, 0) is 56.9 Å². The Kier molecular flexibility index (Phi) is 7.63. The van der Waals surface area contributed by atoms with Crippen molar-refractivity contribution in [3.8, 4) is 11.5 Å². The monoisotopic (exact) mass is 389 g/mol. The number of carbonyl (C=O) groups is 1. The highest BCUT2D eigenvalue weighted by atomic mass is 19.1. The molecular formula is C21H28FN3O3. The first-order valence-corrected chi connectivity index (χ1v) is 9.04. The Morgan fingerprint density at radius 3 is 2.50 bits per heavy atom. The molecular weight excluding hydrogens is 361 g/mol. The third-order valence-corrected chi connectivity index (χ3v) is 4.56. The molecule has 0 aliphatic carbocycles. The summed E-state index contributed by atoms with van der Waals surface area (Å²) in [6.45, 7) is 2.21. The van der Waals surface area contributed by atoms with Gasteiger partial charge < -0.3 is 25.0 Å². The van der Waals surface area contributed by atoms with Crippen LogP contribution in [0.1, 0.15) is 30.1 Å². The number of hydrogen-bond acceptors (Lipinski definition) is 4. The lowest BCUT2D eigenvalue weighted by atomic mass is 10.1. The molecule has 2 unspecified atom stereocenters. The van der Waals surface area contributed by atoms with Gasteiger partial charge in [-0.2, -0.15) is 0 Å². The van der Waals surface area contributed by atoms with E-state index in [1.165, 1.54) is 12.1 Å². The molecule has 2 N–H and O–H groups in total. The van der Waals surface area contributed by atoms with Gasteiger partial charge >= 0.3 is 6.03 Å². The Bertz CT molecular complexity index is 798. The number of carbonyl (C=O) groups excluding carboxylic acids is 1. The SMILES string of the molecule is COc1ccc(OC)c(C(C)NC(=O)NCC(c2cccc(F)c2)N(C)C)c1. The largest absolute Gasteiger partial charge is 0.497 e. The molecule has 0 saturated heterocycles. The maximum absolute atomic E-state index is 13.5. The van der Waals surface area contributed by atoms with Crippen molar-refractivity contribution in [1.82, 2.24) is 15.5 Å². The number of ether oxygens (including phenoxy) is 2. The standard InChI is InChI=1S/C21H28FN3O3/c1-14(18-12-17(27-4)9-10-20(18)28-5)24-21(26)23-13-19(25(2)3)15-7-6-8-16(22)11-15/h6-12,14,19H,13H2,1-5H3,(H2,23,24,26). The zero-order chi connectivity index (χ0) is 20.7. The first kappa shape index (κ1) is 21.5. The highest BCUT2D eigenvalue weighted by Crippen LogP contribution is 2.29. The Labute approximate surface area is 165 Å². The van der Waals surface area contributed by atoms with Crippen LogP contribution in [0.25, 0.3) is 0 Å². The number of nitrogens with one attached hydrogen (secondary N) is 2. The van der Waals surface area contributed by atoms with Gasteiger partial charge in [-0.25, -0.2) is 9.18 Å². The van der Waals surface area contributed by atoms with Crippen LogP contribution in [-0.4, -0.2) is 45.8 Å². The second-order valence-electron chi connectivity index (χ2n) is 6.72. The molecule has 152 valence electrons. The summed E-state index contributed by atoms with van der Waals surface area (Å²) >= 11 is 0.